The van der Waals surface area contributed by atoms with Crippen molar-refractivity contribution in [1.29, 1.82) is 0 Å². The number of benzene rings is 2. The summed E-state index contributed by atoms with van der Waals surface area (Å²) in [6.07, 6.45) is 0.0864. The average molecular weight is 369 g/mol. The first-order valence-electron chi connectivity index (χ1n) is 8.54. The summed E-state index contributed by atoms with van der Waals surface area (Å²) < 4.78 is 13.6. The Labute approximate surface area is 156 Å². The van der Waals surface area contributed by atoms with Crippen molar-refractivity contribution in [1.82, 2.24) is 0 Å². The van der Waals surface area contributed by atoms with E-state index in [1.54, 1.807) is 4.90 Å². The number of aryl methyl sites for hydroxylation is 1. The van der Waals surface area contributed by atoms with Crippen LogP contribution in [-0.4, -0.2) is 24.3 Å². The second-order valence-electron chi connectivity index (χ2n) is 6.67. The van der Waals surface area contributed by atoms with Crippen LogP contribution in [0, 0.1) is 25.6 Å². The Bertz CT molecular complexity index is 942. The normalized spacial score (nSPS) is 16.5. The average Bonchev–Trinajstić information content (AvgIpc) is 3.00. The van der Waals surface area contributed by atoms with Gasteiger partial charge in [-0.05, 0) is 49.2 Å². The Hall–Kier alpha value is -3.22. The smallest absolute Gasteiger partial charge is 0.251 e. The van der Waals surface area contributed by atoms with Crippen molar-refractivity contribution in [3.63, 3.8) is 0 Å². The van der Waals surface area contributed by atoms with Gasteiger partial charge in [-0.15, -0.1) is 0 Å². The van der Waals surface area contributed by atoms with Crippen LogP contribution in [0.4, 0.5) is 15.8 Å². The van der Waals surface area contributed by atoms with Crippen LogP contribution in [0.15, 0.2) is 36.4 Å². The number of anilines is 2. The maximum Gasteiger partial charge on any atom is 0.251 e. The molecule has 1 heterocycles. The van der Waals surface area contributed by atoms with E-state index in [0.29, 0.717) is 0 Å². The Morgan fingerprint density at radius 2 is 1.96 bits per heavy atom. The van der Waals surface area contributed by atoms with Gasteiger partial charge in [0.25, 0.3) is 5.91 Å². The first-order valence-corrected chi connectivity index (χ1v) is 8.54. The van der Waals surface area contributed by atoms with Gasteiger partial charge in [-0.1, -0.05) is 12.1 Å². The largest absolute Gasteiger partial charge is 0.366 e. The third-order valence-electron chi connectivity index (χ3n) is 4.86. The number of hydrogen-bond acceptors (Lipinski definition) is 3. The molecule has 2 aromatic rings. The van der Waals surface area contributed by atoms with Crippen LogP contribution in [0.2, 0.25) is 0 Å². The highest BCUT2D eigenvalue weighted by molar-refractivity contribution is 6.04. The number of nitrogens with one attached hydrogen (secondary N) is 1. The Kier molecular flexibility index (Phi) is 4.94. The van der Waals surface area contributed by atoms with Crippen LogP contribution >= 0.6 is 0 Å². The van der Waals surface area contributed by atoms with Crippen LogP contribution < -0.4 is 16.0 Å². The fraction of sp³-hybridized carbons (Fsp3) is 0.250. The fourth-order valence-corrected chi connectivity index (χ4v) is 3.18. The van der Waals surface area contributed by atoms with Gasteiger partial charge in [0.05, 0.1) is 11.5 Å². The van der Waals surface area contributed by atoms with Gasteiger partial charge < -0.3 is 16.0 Å². The molecule has 7 heteroatoms. The molecule has 0 saturated carbocycles. The van der Waals surface area contributed by atoms with Gasteiger partial charge in [0.15, 0.2) is 0 Å². The molecule has 1 unspecified atom stereocenters. The van der Waals surface area contributed by atoms with Gasteiger partial charge >= 0.3 is 0 Å². The number of amides is 3. The van der Waals surface area contributed by atoms with Crippen LogP contribution in [-0.2, 0) is 9.59 Å². The summed E-state index contributed by atoms with van der Waals surface area (Å²) in [6.45, 7) is 4.17. The van der Waals surface area contributed by atoms with Gasteiger partial charge in [0.2, 0.25) is 11.8 Å². The number of primary amides is 1. The van der Waals surface area contributed by atoms with E-state index in [-0.39, 0.29) is 36.0 Å². The maximum absolute atomic E-state index is 13.6. The van der Waals surface area contributed by atoms with E-state index in [2.05, 4.69) is 5.32 Å². The molecule has 0 radical (unpaired) electrons. The van der Waals surface area contributed by atoms with Gasteiger partial charge in [-0.3, -0.25) is 14.4 Å². The van der Waals surface area contributed by atoms with Crippen molar-refractivity contribution in [2.45, 2.75) is 20.3 Å². The highest BCUT2D eigenvalue weighted by Crippen LogP contribution is 2.30. The lowest BCUT2D eigenvalue weighted by molar-refractivity contribution is -0.122. The predicted molar refractivity (Wildman–Crippen MR) is 99.9 cm³/mol. The monoisotopic (exact) mass is 369 g/mol. The maximum atomic E-state index is 13.6. The molecule has 1 aliphatic rings. The molecule has 1 fully saturated rings. The zero-order chi connectivity index (χ0) is 19.7. The molecular formula is C20H20FN3O3. The summed E-state index contributed by atoms with van der Waals surface area (Å²) in [5.41, 5.74) is 7.94. The van der Waals surface area contributed by atoms with Gasteiger partial charge in [-0.25, -0.2) is 4.39 Å². The van der Waals surface area contributed by atoms with E-state index in [1.807, 2.05) is 32.0 Å². The van der Waals surface area contributed by atoms with Gasteiger partial charge in [-0.2, -0.15) is 0 Å². The zero-order valence-corrected chi connectivity index (χ0v) is 15.1. The van der Waals surface area contributed by atoms with Crippen LogP contribution in [0.25, 0.3) is 0 Å². The number of carbonyl (C=O) groups is 3. The lowest BCUT2D eigenvalue weighted by Gasteiger charge is -2.20. The van der Waals surface area contributed by atoms with E-state index >= 15 is 0 Å². The van der Waals surface area contributed by atoms with Crippen LogP contribution in [0.1, 0.15) is 27.9 Å². The third-order valence-corrected chi connectivity index (χ3v) is 4.86. The zero-order valence-electron chi connectivity index (χ0n) is 15.1. The third kappa shape index (κ3) is 3.67. The second kappa shape index (κ2) is 7.19. The topological polar surface area (TPSA) is 92.5 Å². The molecule has 0 aromatic heterocycles. The van der Waals surface area contributed by atoms with Crippen LogP contribution in [0.5, 0.6) is 0 Å². The Balaban J connectivity index is 1.76. The molecule has 1 saturated heterocycles. The SMILES string of the molecule is Cc1cccc(N2CC(C(=O)Nc3ccc(F)c(C(N)=O)c3)CC2=O)c1C. The molecule has 140 valence electrons. The molecule has 1 aliphatic heterocycles. The molecular weight excluding hydrogens is 349 g/mol. The van der Waals surface area contributed by atoms with Crippen molar-refractivity contribution in [3.8, 4) is 0 Å². The number of carbonyl (C=O) groups excluding carboxylic acids is 3. The molecule has 3 N–H and O–H groups in total. The number of nitrogens with two attached hydrogens (primary N) is 1. The quantitative estimate of drug-likeness (QED) is 0.867. The summed E-state index contributed by atoms with van der Waals surface area (Å²) in [7, 11) is 0. The molecule has 3 rings (SSSR count). The van der Waals surface area contributed by atoms with Gasteiger partial charge in [0.1, 0.15) is 5.82 Å². The number of hydrogen-bond donors (Lipinski definition) is 2. The van der Waals surface area contributed by atoms with Crippen molar-refractivity contribution in [2.24, 2.45) is 11.7 Å². The van der Waals surface area contributed by atoms with Crippen molar-refractivity contribution >= 4 is 29.1 Å². The molecule has 0 spiro atoms. The van der Waals surface area contributed by atoms with E-state index < -0.39 is 17.6 Å². The first-order chi connectivity index (χ1) is 12.8. The van der Waals surface area contributed by atoms with Crippen LogP contribution in [0.3, 0.4) is 0 Å². The molecule has 27 heavy (non-hydrogen) atoms. The minimum atomic E-state index is -0.916. The van der Waals surface area contributed by atoms with E-state index in [9.17, 15) is 18.8 Å². The Morgan fingerprint density at radius 1 is 1.22 bits per heavy atom. The summed E-state index contributed by atoms with van der Waals surface area (Å²) in [6, 6.07) is 9.31. The standard InChI is InChI=1S/C20H20FN3O3/c1-11-4-3-5-17(12(11)2)24-10-13(8-18(24)25)20(27)23-14-6-7-16(21)15(9-14)19(22)26/h3-7,9,13H,8,10H2,1-2H3,(H2,22,26)(H,23,27). The molecule has 0 bridgehead atoms. The summed E-state index contributed by atoms with van der Waals surface area (Å²) in [4.78, 5) is 37.8. The molecule has 6 nitrogen and oxygen atoms in total. The van der Waals surface area contributed by atoms with E-state index in [1.165, 1.54) is 12.1 Å². The molecule has 3 amide bonds. The minimum Gasteiger partial charge on any atom is -0.366 e. The Morgan fingerprint density at radius 3 is 2.67 bits per heavy atom. The predicted octanol–water partition coefficient (Wildman–Crippen LogP) is 2.53. The van der Waals surface area contributed by atoms with Crippen molar-refractivity contribution in [3.05, 3.63) is 58.9 Å². The summed E-state index contributed by atoms with van der Waals surface area (Å²) in [5, 5.41) is 2.63. The lowest BCUT2D eigenvalue weighted by Crippen LogP contribution is -2.28. The summed E-state index contributed by atoms with van der Waals surface area (Å²) >= 11 is 0. The molecule has 0 aliphatic carbocycles. The number of nitrogens with zero attached hydrogens (tertiary/aromatic N) is 1. The van der Waals surface area contributed by atoms with E-state index in [0.717, 1.165) is 22.9 Å². The number of rotatable bonds is 4. The van der Waals surface area contributed by atoms with Crippen molar-refractivity contribution < 1.29 is 18.8 Å². The molecule has 2 aromatic carbocycles. The first kappa shape index (κ1) is 18.6. The fourth-order valence-electron chi connectivity index (χ4n) is 3.18. The molecule has 1 atom stereocenters. The minimum absolute atomic E-state index is 0.0864. The highest BCUT2D eigenvalue weighted by Gasteiger charge is 2.35. The number of halogens is 1. The van der Waals surface area contributed by atoms with Gasteiger partial charge in [0, 0.05) is 24.3 Å². The summed E-state index contributed by atoms with van der Waals surface area (Å²) in [5.74, 6) is -2.70. The lowest BCUT2D eigenvalue weighted by atomic mass is 10.1. The van der Waals surface area contributed by atoms with Crippen molar-refractivity contribution in [2.75, 3.05) is 16.8 Å². The highest BCUT2D eigenvalue weighted by atomic mass is 19.1. The van der Waals surface area contributed by atoms with E-state index in [4.69, 9.17) is 5.73 Å². The second-order valence-corrected chi connectivity index (χ2v) is 6.67.